The molecular weight excluding hydrogens is 374 g/mol. The van der Waals surface area contributed by atoms with E-state index in [4.69, 9.17) is 5.10 Å². The quantitative estimate of drug-likeness (QED) is 0.298. The lowest BCUT2D eigenvalue weighted by atomic mass is 10.0. The molecule has 0 saturated carbocycles. The van der Waals surface area contributed by atoms with Crippen LogP contribution < -0.4 is 4.80 Å². The number of thiazole rings is 1. The molecule has 0 spiro atoms. The smallest absolute Gasteiger partial charge is 0.206 e. The minimum Gasteiger partial charge on any atom is -0.253 e. The lowest BCUT2D eigenvalue weighted by molar-refractivity contribution is 0.601. The van der Waals surface area contributed by atoms with E-state index in [0.717, 1.165) is 34.6 Å². The van der Waals surface area contributed by atoms with Gasteiger partial charge in [-0.25, -0.2) is 4.68 Å². The van der Waals surface area contributed by atoms with E-state index in [1.54, 1.807) is 11.3 Å². The van der Waals surface area contributed by atoms with Crippen molar-refractivity contribution >= 4 is 17.0 Å². The zero-order valence-corrected chi connectivity index (χ0v) is 18.3. The normalized spacial score (nSPS) is 12.6. The van der Waals surface area contributed by atoms with Crippen molar-refractivity contribution in [3.63, 3.8) is 0 Å². The van der Waals surface area contributed by atoms with Crippen LogP contribution >= 0.6 is 11.3 Å². The van der Waals surface area contributed by atoms with E-state index in [-0.39, 0.29) is 0 Å². The first-order valence-electron chi connectivity index (χ1n) is 10.1. The van der Waals surface area contributed by atoms with Crippen molar-refractivity contribution < 1.29 is 0 Å². The molecule has 1 aromatic heterocycles. The summed E-state index contributed by atoms with van der Waals surface area (Å²) in [7, 11) is 0. The van der Waals surface area contributed by atoms with Crippen molar-refractivity contribution in [3.8, 4) is 22.4 Å². The molecule has 0 aliphatic rings. The molecule has 0 N–H and O–H groups in total. The zero-order chi connectivity index (χ0) is 20.6. The molecule has 3 nitrogen and oxygen atoms in total. The summed E-state index contributed by atoms with van der Waals surface area (Å²) >= 11 is 1.62. The van der Waals surface area contributed by atoms with E-state index in [1.165, 1.54) is 11.1 Å². The molecule has 0 aliphatic carbocycles. The molecule has 4 heteroatoms. The Balaban J connectivity index is 1.97. The molecule has 0 saturated heterocycles. The van der Waals surface area contributed by atoms with Crippen molar-refractivity contribution in [1.82, 2.24) is 4.68 Å². The molecular formula is C25H29N3S. The van der Waals surface area contributed by atoms with Crippen molar-refractivity contribution in [2.75, 3.05) is 6.54 Å². The monoisotopic (exact) mass is 403 g/mol. The van der Waals surface area contributed by atoms with Gasteiger partial charge in [0.1, 0.15) is 0 Å². The summed E-state index contributed by atoms with van der Waals surface area (Å²) in [6.45, 7) is 11.0. The third-order valence-corrected chi connectivity index (χ3v) is 5.54. The summed E-state index contributed by atoms with van der Waals surface area (Å²) in [5.74, 6) is 0.669. The topological polar surface area (TPSA) is 29.6 Å². The van der Waals surface area contributed by atoms with Crippen molar-refractivity contribution in [3.05, 3.63) is 77.4 Å². The minimum absolute atomic E-state index is 0.591. The summed E-state index contributed by atoms with van der Waals surface area (Å²) in [4.78, 5) is 5.54. The second-order valence-electron chi connectivity index (χ2n) is 7.56. The number of rotatable bonds is 8. The molecule has 0 fully saturated rings. The molecule has 2 aromatic carbocycles. The average Bonchev–Trinajstić information content (AvgIpc) is 3.13. The van der Waals surface area contributed by atoms with Gasteiger partial charge in [-0.2, -0.15) is 5.10 Å². The maximum Gasteiger partial charge on any atom is 0.206 e. The Bertz CT molecular complexity index is 1020. The predicted molar refractivity (Wildman–Crippen MR) is 126 cm³/mol. The highest BCUT2D eigenvalue weighted by Crippen LogP contribution is 2.25. The summed E-state index contributed by atoms with van der Waals surface area (Å²) < 4.78 is 1.99. The molecule has 150 valence electrons. The van der Waals surface area contributed by atoms with Gasteiger partial charge in [0.05, 0.1) is 12.2 Å². The number of nitrogens with zero attached hydrogens (tertiary/aromatic N) is 3. The molecule has 3 rings (SSSR count). The number of benzene rings is 2. The highest BCUT2D eigenvalue weighted by Gasteiger charge is 2.09. The van der Waals surface area contributed by atoms with Crippen LogP contribution in [0.1, 0.15) is 33.6 Å². The fraction of sp³-hybridized carbons (Fsp3) is 0.280. The fourth-order valence-corrected chi connectivity index (χ4v) is 3.87. The van der Waals surface area contributed by atoms with Gasteiger partial charge in [0.25, 0.3) is 0 Å². The van der Waals surface area contributed by atoms with Gasteiger partial charge in [-0.05, 0) is 36.8 Å². The zero-order valence-electron chi connectivity index (χ0n) is 17.5. The summed E-state index contributed by atoms with van der Waals surface area (Å²) in [6.07, 6.45) is 3.95. The molecule has 29 heavy (non-hydrogen) atoms. The Morgan fingerprint density at radius 2 is 1.69 bits per heavy atom. The van der Waals surface area contributed by atoms with E-state index in [9.17, 15) is 0 Å². The molecule has 0 unspecified atom stereocenters. The molecule has 1 heterocycles. The first-order valence-corrected chi connectivity index (χ1v) is 11.0. The van der Waals surface area contributed by atoms with Gasteiger partial charge in [-0.1, -0.05) is 74.5 Å². The third kappa shape index (κ3) is 5.64. The molecule has 0 radical (unpaired) electrons. The standard InChI is InChI=1S/C25H29N3S/c1-5-17-26-25-28(27-20(4)12-11-19(2)3)24(18-29-25)23-15-13-22(14-16-23)21-9-7-6-8-10-21/h5-10,13-16,18-19H,1,11-12,17H2,2-4H3/b26-25?,27-20-. The van der Waals surface area contributed by atoms with Gasteiger partial charge in [-0.3, -0.25) is 4.99 Å². The van der Waals surface area contributed by atoms with Crippen LogP contribution in [-0.4, -0.2) is 16.9 Å². The van der Waals surface area contributed by atoms with E-state index >= 15 is 0 Å². The largest absolute Gasteiger partial charge is 0.253 e. The van der Waals surface area contributed by atoms with Gasteiger partial charge in [0, 0.05) is 16.7 Å². The highest BCUT2D eigenvalue weighted by molar-refractivity contribution is 7.07. The van der Waals surface area contributed by atoms with Crippen LogP contribution in [0, 0.1) is 5.92 Å². The van der Waals surface area contributed by atoms with Crippen molar-refractivity contribution in [2.45, 2.75) is 33.6 Å². The van der Waals surface area contributed by atoms with Crippen LogP contribution in [0.15, 0.2) is 82.7 Å². The van der Waals surface area contributed by atoms with Crippen LogP contribution in [0.4, 0.5) is 0 Å². The van der Waals surface area contributed by atoms with E-state index in [0.29, 0.717) is 12.5 Å². The van der Waals surface area contributed by atoms with Gasteiger partial charge < -0.3 is 0 Å². The fourth-order valence-electron chi connectivity index (χ4n) is 3.03. The first-order chi connectivity index (χ1) is 14.1. The SMILES string of the molecule is C=CCN=c1scc(-c2ccc(-c3ccccc3)cc2)n1/N=C(/C)CCC(C)C. The van der Waals surface area contributed by atoms with Crippen molar-refractivity contribution in [1.29, 1.82) is 0 Å². The van der Waals surface area contributed by atoms with Gasteiger partial charge in [0.2, 0.25) is 4.80 Å². The third-order valence-electron chi connectivity index (χ3n) is 4.68. The molecule has 0 aliphatic heterocycles. The Morgan fingerprint density at radius 3 is 2.34 bits per heavy atom. The molecule has 0 bridgehead atoms. The van der Waals surface area contributed by atoms with Crippen LogP contribution in [-0.2, 0) is 0 Å². The van der Waals surface area contributed by atoms with Gasteiger partial charge in [0.15, 0.2) is 0 Å². The van der Waals surface area contributed by atoms with E-state index in [2.05, 4.69) is 86.3 Å². The van der Waals surface area contributed by atoms with Gasteiger partial charge in [-0.15, -0.1) is 17.9 Å². The van der Waals surface area contributed by atoms with E-state index in [1.807, 2.05) is 16.8 Å². The second-order valence-corrected chi connectivity index (χ2v) is 8.39. The highest BCUT2D eigenvalue weighted by atomic mass is 32.1. The first kappa shape index (κ1) is 21.0. The summed E-state index contributed by atoms with van der Waals surface area (Å²) in [5, 5.41) is 7.05. The molecule has 3 aromatic rings. The number of hydrogen-bond donors (Lipinski definition) is 0. The molecule has 0 atom stereocenters. The lowest BCUT2D eigenvalue weighted by Gasteiger charge is -2.08. The maximum atomic E-state index is 4.92. The summed E-state index contributed by atoms with van der Waals surface area (Å²) in [5.41, 5.74) is 5.77. The Labute approximate surface area is 177 Å². The lowest BCUT2D eigenvalue weighted by Crippen LogP contribution is -2.14. The van der Waals surface area contributed by atoms with Crippen LogP contribution in [0.5, 0.6) is 0 Å². The van der Waals surface area contributed by atoms with Crippen LogP contribution in [0.2, 0.25) is 0 Å². The minimum atomic E-state index is 0.591. The van der Waals surface area contributed by atoms with E-state index < -0.39 is 0 Å². The van der Waals surface area contributed by atoms with Crippen LogP contribution in [0.25, 0.3) is 22.4 Å². The maximum absolute atomic E-state index is 4.92. The second kappa shape index (κ2) is 10.2. The van der Waals surface area contributed by atoms with Crippen molar-refractivity contribution in [2.24, 2.45) is 16.0 Å². The number of aromatic nitrogens is 1. The predicted octanol–water partition coefficient (Wildman–Crippen LogP) is 6.63. The Hall–Kier alpha value is -2.72. The molecule has 0 amide bonds. The van der Waals surface area contributed by atoms with Gasteiger partial charge >= 0.3 is 0 Å². The van der Waals surface area contributed by atoms with Crippen LogP contribution in [0.3, 0.4) is 0 Å². The average molecular weight is 404 g/mol. The summed E-state index contributed by atoms with van der Waals surface area (Å²) in [6, 6.07) is 19.1. The Morgan fingerprint density at radius 1 is 1.03 bits per heavy atom. The Kier molecular flexibility index (Phi) is 7.36. The number of hydrogen-bond acceptors (Lipinski definition) is 3.